The summed E-state index contributed by atoms with van der Waals surface area (Å²) in [4.78, 5) is 17.9. The van der Waals surface area contributed by atoms with Gasteiger partial charge in [0.05, 0.1) is 0 Å². The zero-order chi connectivity index (χ0) is 13.1. The van der Waals surface area contributed by atoms with Crippen molar-refractivity contribution in [2.45, 2.75) is 0 Å². The number of carbonyl (C=O) groups is 1. The van der Waals surface area contributed by atoms with E-state index in [0.29, 0.717) is 24.5 Å². The molecular formula is C13H14N4O2. The fraction of sp³-hybridized carbons (Fsp3) is 0.308. The van der Waals surface area contributed by atoms with Gasteiger partial charge in [0.2, 0.25) is 0 Å². The smallest absolute Gasteiger partial charge is 0.276 e. The zero-order valence-electron chi connectivity index (χ0n) is 10.4. The average Bonchev–Trinajstić information content (AvgIpc) is 2.98. The Morgan fingerprint density at radius 3 is 2.74 bits per heavy atom. The second kappa shape index (κ2) is 5.19. The van der Waals surface area contributed by atoms with Crippen molar-refractivity contribution in [1.82, 2.24) is 20.4 Å². The van der Waals surface area contributed by atoms with Gasteiger partial charge in [0.1, 0.15) is 0 Å². The molecule has 0 aliphatic carbocycles. The maximum Gasteiger partial charge on any atom is 0.276 e. The summed E-state index contributed by atoms with van der Waals surface area (Å²) in [7, 11) is 0. The first-order valence-electron chi connectivity index (χ1n) is 6.22. The molecule has 0 atom stereocenters. The molecule has 98 valence electrons. The van der Waals surface area contributed by atoms with Crippen LogP contribution in [-0.2, 0) is 0 Å². The number of aromatic nitrogens is 2. The Hall–Kier alpha value is -2.21. The van der Waals surface area contributed by atoms with Gasteiger partial charge < -0.3 is 14.7 Å². The van der Waals surface area contributed by atoms with Crippen molar-refractivity contribution in [3.05, 3.63) is 36.3 Å². The van der Waals surface area contributed by atoms with Gasteiger partial charge in [-0.1, -0.05) is 5.16 Å². The van der Waals surface area contributed by atoms with E-state index < -0.39 is 0 Å². The number of amides is 1. The van der Waals surface area contributed by atoms with Gasteiger partial charge in [-0.2, -0.15) is 0 Å². The number of hydrogen-bond acceptors (Lipinski definition) is 5. The Kier molecular flexibility index (Phi) is 3.24. The molecule has 1 aliphatic heterocycles. The predicted octanol–water partition coefficient (Wildman–Crippen LogP) is 0.782. The zero-order valence-corrected chi connectivity index (χ0v) is 10.4. The lowest BCUT2D eigenvalue weighted by Gasteiger charge is -2.26. The molecule has 0 aromatic carbocycles. The second-order valence-corrected chi connectivity index (χ2v) is 4.35. The molecule has 1 fully saturated rings. The van der Waals surface area contributed by atoms with Crippen LogP contribution < -0.4 is 5.32 Å². The van der Waals surface area contributed by atoms with Crippen LogP contribution in [0, 0.1) is 0 Å². The highest BCUT2D eigenvalue weighted by atomic mass is 16.5. The van der Waals surface area contributed by atoms with Crippen LogP contribution in [0.5, 0.6) is 0 Å². The molecule has 0 bridgehead atoms. The van der Waals surface area contributed by atoms with Crippen molar-refractivity contribution in [3.63, 3.8) is 0 Å². The van der Waals surface area contributed by atoms with Gasteiger partial charge in [-0.3, -0.25) is 9.78 Å². The van der Waals surface area contributed by atoms with Crippen molar-refractivity contribution in [3.8, 4) is 11.3 Å². The van der Waals surface area contributed by atoms with E-state index in [4.69, 9.17) is 4.52 Å². The van der Waals surface area contributed by atoms with Crippen LogP contribution >= 0.6 is 0 Å². The Bertz CT molecular complexity index is 561. The molecule has 2 aromatic heterocycles. The molecule has 0 saturated carbocycles. The van der Waals surface area contributed by atoms with E-state index in [0.717, 1.165) is 18.7 Å². The van der Waals surface area contributed by atoms with E-state index in [9.17, 15) is 4.79 Å². The highest BCUT2D eigenvalue weighted by Crippen LogP contribution is 2.19. The molecule has 1 amide bonds. The monoisotopic (exact) mass is 258 g/mol. The highest BCUT2D eigenvalue weighted by Gasteiger charge is 2.21. The lowest BCUT2D eigenvalue weighted by Crippen LogP contribution is -2.46. The predicted molar refractivity (Wildman–Crippen MR) is 68.5 cm³/mol. The molecule has 19 heavy (non-hydrogen) atoms. The number of hydrogen-bond donors (Lipinski definition) is 1. The standard InChI is InChI=1S/C13H14N4O2/c18-13(17-7-5-15-6-8-17)11-9-12(19-16-11)10-1-3-14-4-2-10/h1-4,9,15H,5-8H2. The van der Waals surface area contributed by atoms with Crippen LogP contribution in [0.3, 0.4) is 0 Å². The van der Waals surface area contributed by atoms with Gasteiger partial charge in [0.25, 0.3) is 5.91 Å². The number of nitrogens with zero attached hydrogens (tertiary/aromatic N) is 3. The Morgan fingerprint density at radius 2 is 2.00 bits per heavy atom. The fourth-order valence-corrected chi connectivity index (χ4v) is 2.06. The number of pyridine rings is 1. The third-order valence-electron chi connectivity index (χ3n) is 3.10. The summed E-state index contributed by atoms with van der Waals surface area (Å²) in [5.41, 5.74) is 1.22. The number of carbonyl (C=O) groups excluding carboxylic acids is 1. The van der Waals surface area contributed by atoms with Crippen LogP contribution in [0.1, 0.15) is 10.5 Å². The SMILES string of the molecule is O=C(c1cc(-c2ccncc2)on1)N1CCNCC1. The minimum absolute atomic E-state index is 0.0782. The van der Waals surface area contributed by atoms with Crippen molar-refractivity contribution in [2.24, 2.45) is 0 Å². The van der Waals surface area contributed by atoms with Crippen LogP contribution in [0.2, 0.25) is 0 Å². The fourth-order valence-electron chi connectivity index (χ4n) is 2.06. The summed E-state index contributed by atoms with van der Waals surface area (Å²) in [5.74, 6) is 0.506. The Labute approximate surface area is 110 Å². The minimum atomic E-state index is -0.0782. The molecule has 2 aromatic rings. The third kappa shape index (κ3) is 2.48. The van der Waals surface area contributed by atoms with E-state index in [2.05, 4.69) is 15.5 Å². The first-order chi connectivity index (χ1) is 9.34. The normalized spacial score (nSPS) is 15.5. The number of nitrogens with one attached hydrogen (secondary N) is 1. The Balaban J connectivity index is 1.79. The van der Waals surface area contributed by atoms with Crippen molar-refractivity contribution >= 4 is 5.91 Å². The number of rotatable bonds is 2. The molecule has 3 heterocycles. The molecule has 0 spiro atoms. The van der Waals surface area contributed by atoms with Gasteiger partial charge in [0.15, 0.2) is 11.5 Å². The van der Waals surface area contributed by atoms with Crippen LogP contribution in [0.4, 0.5) is 0 Å². The molecule has 1 N–H and O–H groups in total. The topological polar surface area (TPSA) is 71.3 Å². The van der Waals surface area contributed by atoms with Crippen molar-refractivity contribution in [1.29, 1.82) is 0 Å². The minimum Gasteiger partial charge on any atom is -0.355 e. The van der Waals surface area contributed by atoms with Gasteiger partial charge >= 0.3 is 0 Å². The summed E-state index contributed by atoms with van der Waals surface area (Å²) in [6.07, 6.45) is 3.35. The number of piperazine rings is 1. The average molecular weight is 258 g/mol. The van der Waals surface area contributed by atoms with Gasteiger partial charge in [-0.15, -0.1) is 0 Å². The molecular weight excluding hydrogens is 244 g/mol. The summed E-state index contributed by atoms with van der Waals surface area (Å²) in [6.45, 7) is 3.05. The van der Waals surface area contributed by atoms with E-state index in [1.165, 1.54) is 0 Å². The Morgan fingerprint density at radius 1 is 1.26 bits per heavy atom. The van der Waals surface area contributed by atoms with Gasteiger partial charge in [0, 0.05) is 50.2 Å². The highest BCUT2D eigenvalue weighted by molar-refractivity contribution is 5.93. The first kappa shape index (κ1) is 11.9. The van der Waals surface area contributed by atoms with Gasteiger partial charge in [-0.05, 0) is 12.1 Å². The van der Waals surface area contributed by atoms with Crippen LogP contribution in [0.25, 0.3) is 11.3 Å². The summed E-state index contributed by atoms with van der Waals surface area (Å²) in [6, 6.07) is 5.32. The van der Waals surface area contributed by atoms with Gasteiger partial charge in [-0.25, -0.2) is 0 Å². The maximum atomic E-state index is 12.2. The summed E-state index contributed by atoms with van der Waals surface area (Å²) < 4.78 is 5.22. The first-order valence-corrected chi connectivity index (χ1v) is 6.22. The second-order valence-electron chi connectivity index (χ2n) is 4.35. The largest absolute Gasteiger partial charge is 0.355 e. The van der Waals surface area contributed by atoms with Crippen LogP contribution in [0.15, 0.2) is 35.1 Å². The molecule has 0 radical (unpaired) electrons. The quantitative estimate of drug-likeness (QED) is 0.862. The third-order valence-corrected chi connectivity index (χ3v) is 3.10. The van der Waals surface area contributed by atoms with E-state index >= 15 is 0 Å². The maximum absolute atomic E-state index is 12.2. The molecule has 0 unspecified atom stereocenters. The molecule has 6 heteroatoms. The van der Waals surface area contributed by atoms with Crippen molar-refractivity contribution < 1.29 is 9.32 Å². The molecule has 1 saturated heterocycles. The van der Waals surface area contributed by atoms with E-state index in [1.54, 1.807) is 23.4 Å². The van der Waals surface area contributed by atoms with E-state index in [1.807, 2.05) is 12.1 Å². The summed E-state index contributed by atoms with van der Waals surface area (Å²) >= 11 is 0. The molecule has 6 nitrogen and oxygen atoms in total. The molecule has 1 aliphatic rings. The lowest BCUT2D eigenvalue weighted by molar-refractivity contribution is 0.0725. The lowest BCUT2D eigenvalue weighted by atomic mass is 10.2. The van der Waals surface area contributed by atoms with Crippen LogP contribution in [-0.4, -0.2) is 47.1 Å². The van der Waals surface area contributed by atoms with Crippen molar-refractivity contribution in [2.75, 3.05) is 26.2 Å². The summed E-state index contributed by atoms with van der Waals surface area (Å²) in [5, 5.41) is 7.07. The van der Waals surface area contributed by atoms with E-state index in [-0.39, 0.29) is 5.91 Å². The molecule has 3 rings (SSSR count).